The van der Waals surface area contributed by atoms with Crippen molar-refractivity contribution in [1.82, 2.24) is 0 Å². The Morgan fingerprint density at radius 1 is 1.13 bits per heavy atom. The van der Waals surface area contributed by atoms with Crippen LogP contribution in [0.4, 0.5) is 5.69 Å². The number of anilines is 1. The van der Waals surface area contributed by atoms with Gasteiger partial charge in [-0.05, 0) is 42.8 Å². The second kappa shape index (κ2) is 9.56. The van der Waals surface area contributed by atoms with Gasteiger partial charge in [0.25, 0.3) is 5.91 Å². The van der Waals surface area contributed by atoms with Crippen LogP contribution in [-0.2, 0) is 4.79 Å². The van der Waals surface area contributed by atoms with Gasteiger partial charge in [-0.25, -0.2) is 0 Å². The first-order valence-corrected chi connectivity index (χ1v) is 9.31. The molecule has 156 valence electrons. The smallest absolute Gasteiger partial charge is 0.266 e. The molecule has 30 heavy (non-hydrogen) atoms. The van der Waals surface area contributed by atoms with Crippen LogP contribution < -0.4 is 29.0 Å². The molecule has 1 N–H and O–H groups in total. The summed E-state index contributed by atoms with van der Waals surface area (Å²) in [4.78, 5) is 12.6. The van der Waals surface area contributed by atoms with Crippen molar-refractivity contribution in [1.29, 1.82) is 5.26 Å². The molecule has 1 amide bonds. The van der Waals surface area contributed by atoms with Gasteiger partial charge in [-0.3, -0.25) is 4.79 Å². The van der Waals surface area contributed by atoms with Gasteiger partial charge in [-0.15, -0.1) is 0 Å². The van der Waals surface area contributed by atoms with Crippen molar-refractivity contribution in [2.45, 2.75) is 6.92 Å². The monoisotopic (exact) mass is 410 g/mol. The summed E-state index contributed by atoms with van der Waals surface area (Å²) in [5.41, 5.74) is 0.964. The summed E-state index contributed by atoms with van der Waals surface area (Å²) in [6.45, 7) is 3.20. The van der Waals surface area contributed by atoms with E-state index in [0.717, 1.165) is 0 Å². The third kappa shape index (κ3) is 4.58. The van der Waals surface area contributed by atoms with Crippen LogP contribution in [-0.4, -0.2) is 39.9 Å². The first-order valence-electron chi connectivity index (χ1n) is 9.31. The fourth-order valence-corrected chi connectivity index (χ4v) is 2.90. The van der Waals surface area contributed by atoms with E-state index in [4.69, 9.17) is 23.7 Å². The first kappa shape index (κ1) is 20.9. The van der Waals surface area contributed by atoms with Gasteiger partial charge in [0.15, 0.2) is 23.0 Å². The Labute approximate surface area is 174 Å². The summed E-state index contributed by atoms with van der Waals surface area (Å²) in [5.74, 6) is 1.94. The summed E-state index contributed by atoms with van der Waals surface area (Å²) in [7, 11) is 3.01. The maximum atomic E-state index is 12.6. The average molecular weight is 410 g/mol. The van der Waals surface area contributed by atoms with Gasteiger partial charge in [0.05, 0.1) is 20.8 Å². The van der Waals surface area contributed by atoms with Gasteiger partial charge in [0, 0.05) is 11.8 Å². The van der Waals surface area contributed by atoms with Crippen LogP contribution in [0, 0.1) is 11.3 Å². The molecule has 0 unspecified atom stereocenters. The number of carbonyl (C=O) groups excluding carboxylic acids is 1. The van der Waals surface area contributed by atoms with E-state index in [1.807, 2.05) is 13.0 Å². The van der Waals surface area contributed by atoms with E-state index in [2.05, 4.69) is 5.32 Å². The lowest BCUT2D eigenvalue weighted by atomic mass is 10.1. The fraction of sp³-hybridized carbons (Fsp3) is 0.273. The minimum absolute atomic E-state index is 0.0850. The number of nitrogens with one attached hydrogen (secondary N) is 1. The molecule has 0 atom stereocenters. The van der Waals surface area contributed by atoms with Gasteiger partial charge >= 0.3 is 0 Å². The maximum absolute atomic E-state index is 12.6. The Morgan fingerprint density at radius 2 is 1.80 bits per heavy atom. The van der Waals surface area contributed by atoms with E-state index in [9.17, 15) is 10.1 Å². The van der Waals surface area contributed by atoms with Crippen molar-refractivity contribution in [3.8, 4) is 34.8 Å². The second-order valence-electron chi connectivity index (χ2n) is 6.17. The van der Waals surface area contributed by atoms with Crippen LogP contribution in [0.3, 0.4) is 0 Å². The average Bonchev–Trinajstić information content (AvgIpc) is 2.77. The van der Waals surface area contributed by atoms with Crippen molar-refractivity contribution in [3.63, 3.8) is 0 Å². The number of amides is 1. The van der Waals surface area contributed by atoms with E-state index >= 15 is 0 Å². The molecule has 0 spiro atoms. The van der Waals surface area contributed by atoms with Crippen LogP contribution >= 0.6 is 0 Å². The van der Waals surface area contributed by atoms with E-state index in [1.54, 1.807) is 30.3 Å². The quantitative estimate of drug-likeness (QED) is 0.551. The SMILES string of the molecule is CCOc1c(OC)cc(/C=C(/C#N)C(=O)Nc2ccc3c(c2)OCCO3)cc1OC. The third-order valence-corrected chi connectivity index (χ3v) is 4.25. The highest BCUT2D eigenvalue weighted by Crippen LogP contribution is 2.39. The molecule has 0 saturated carbocycles. The molecule has 0 saturated heterocycles. The van der Waals surface area contributed by atoms with Gasteiger partial charge in [-0.2, -0.15) is 5.26 Å². The van der Waals surface area contributed by atoms with Crippen molar-refractivity contribution < 1.29 is 28.5 Å². The molecule has 1 aliphatic heterocycles. The van der Waals surface area contributed by atoms with Crippen molar-refractivity contribution in [2.75, 3.05) is 39.4 Å². The highest BCUT2D eigenvalue weighted by molar-refractivity contribution is 6.09. The third-order valence-electron chi connectivity index (χ3n) is 4.25. The van der Waals surface area contributed by atoms with Gasteiger partial charge in [-0.1, -0.05) is 0 Å². The number of ether oxygens (including phenoxy) is 5. The summed E-state index contributed by atoms with van der Waals surface area (Å²) < 4.78 is 27.3. The number of methoxy groups -OCH3 is 2. The summed E-state index contributed by atoms with van der Waals surface area (Å²) in [5, 5.41) is 12.2. The molecule has 1 aliphatic rings. The zero-order valence-corrected chi connectivity index (χ0v) is 17.0. The van der Waals surface area contributed by atoms with Gasteiger partial charge < -0.3 is 29.0 Å². The zero-order valence-electron chi connectivity index (χ0n) is 17.0. The van der Waals surface area contributed by atoms with Crippen LogP contribution in [0.5, 0.6) is 28.7 Å². The Bertz CT molecular complexity index is 984. The lowest BCUT2D eigenvalue weighted by Gasteiger charge is -2.19. The molecule has 0 fully saturated rings. The van der Waals surface area contributed by atoms with E-state index in [0.29, 0.717) is 59.8 Å². The first-order chi connectivity index (χ1) is 14.6. The fourth-order valence-electron chi connectivity index (χ4n) is 2.90. The van der Waals surface area contributed by atoms with E-state index in [1.165, 1.54) is 20.3 Å². The normalized spacial score (nSPS) is 12.5. The molecular formula is C22H22N2O6. The largest absolute Gasteiger partial charge is 0.493 e. The Kier molecular flexibility index (Phi) is 6.65. The number of nitrogens with zero attached hydrogens (tertiary/aromatic N) is 1. The van der Waals surface area contributed by atoms with Crippen LogP contribution in [0.2, 0.25) is 0 Å². The number of carbonyl (C=O) groups is 1. The van der Waals surface area contributed by atoms with Gasteiger partial charge in [0.1, 0.15) is 24.9 Å². The zero-order chi connectivity index (χ0) is 21.5. The summed E-state index contributed by atoms with van der Waals surface area (Å²) >= 11 is 0. The van der Waals surface area contributed by atoms with Crippen LogP contribution in [0.15, 0.2) is 35.9 Å². The maximum Gasteiger partial charge on any atom is 0.266 e. The van der Waals surface area contributed by atoms with Crippen molar-refractivity contribution in [2.24, 2.45) is 0 Å². The molecule has 0 bridgehead atoms. The Balaban J connectivity index is 1.86. The second-order valence-corrected chi connectivity index (χ2v) is 6.17. The molecule has 0 aliphatic carbocycles. The molecule has 0 radical (unpaired) electrons. The number of hydrogen-bond acceptors (Lipinski definition) is 7. The molecule has 0 aromatic heterocycles. The lowest BCUT2D eigenvalue weighted by Crippen LogP contribution is -2.17. The predicted molar refractivity (Wildman–Crippen MR) is 110 cm³/mol. The minimum atomic E-state index is -0.555. The lowest BCUT2D eigenvalue weighted by molar-refractivity contribution is -0.112. The number of nitriles is 1. The van der Waals surface area contributed by atoms with E-state index < -0.39 is 5.91 Å². The molecular weight excluding hydrogens is 388 g/mol. The highest BCUT2D eigenvalue weighted by Gasteiger charge is 2.17. The summed E-state index contributed by atoms with van der Waals surface area (Å²) in [6.07, 6.45) is 1.45. The Morgan fingerprint density at radius 3 is 2.40 bits per heavy atom. The number of rotatable bonds is 7. The van der Waals surface area contributed by atoms with Crippen LogP contribution in [0.1, 0.15) is 12.5 Å². The molecule has 1 heterocycles. The molecule has 2 aromatic carbocycles. The Hall–Kier alpha value is -3.86. The molecule has 8 heteroatoms. The van der Waals surface area contributed by atoms with Gasteiger partial charge in [0.2, 0.25) is 5.75 Å². The number of benzene rings is 2. The number of fused-ring (bicyclic) bond motifs is 1. The topological polar surface area (TPSA) is 99.0 Å². The molecule has 2 aromatic rings. The standard InChI is InChI=1S/C22H22N2O6/c1-4-28-21-19(26-2)10-14(11-20(21)27-3)9-15(13-23)22(25)24-16-5-6-17-18(12-16)30-8-7-29-17/h5-6,9-12H,4,7-8H2,1-3H3,(H,24,25)/b15-9-. The minimum Gasteiger partial charge on any atom is -0.493 e. The summed E-state index contributed by atoms with van der Waals surface area (Å²) in [6, 6.07) is 10.3. The van der Waals surface area contributed by atoms with Crippen molar-refractivity contribution in [3.05, 3.63) is 41.5 Å². The van der Waals surface area contributed by atoms with Crippen molar-refractivity contribution >= 4 is 17.7 Å². The highest BCUT2D eigenvalue weighted by atomic mass is 16.6. The number of hydrogen-bond donors (Lipinski definition) is 1. The predicted octanol–water partition coefficient (Wildman–Crippen LogP) is 3.42. The van der Waals surface area contributed by atoms with Crippen LogP contribution in [0.25, 0.3) is 6.08 Å². The van der Waals surface area contributed by atoms with E-state index in [-0.39, 0.29) is 5.57 Å². The molecule has 3 rings (SSSR count). The molecule has 8 nitrogen and oxygen atoms in total.